The molecule has 0 aromatic heterocycles. The molecule has 152 valence electrons. The Balaban J connectivity index is 0.00000364. The van der Waals surface area contributed by atoms with Crippen molar-refractivity contribution in [3.05, 3.63) is 35.4 Å². The number of aryl methyl sites for hydroxylation is 2. The van der Waals surface area contributed by atoms with E-state index in [0.717, 1.165) is 31.5 Å². The number of hydrogen-bond donors (Lipinski definition) is 3. The Bertz CT molecular complexity index is 581. The van der Waals surface area contributed by atoms with Gasteiger partial charge in [-0.1, -0.05) is 29.8 Å². The summed E-state index contributed by atoms with van der Waals surface area (Å²) in [5.74, 6) is -0.253. The molecule has 7 heteroatoms. The Morgan fingerprint density at radius 2 is 1.78 bits per heavy atom. The monoisotopic (exact) mass is 397 g/mol. The molecule has 27 heavy (non-hydrogen) atoms. The van der Waals surface area contributed by atoms with Gasteiger partial charge in [0.1, 0.15) is 0 Å². The number of halogens is 1. The number of hydrogen-bond acceptors (Lipinski definition) is 4. The summed E-state index contributed by atoms with van der Waals surface area (Å²) in [6.07, 6.45) is 3.02. The van der Waals surface area contributed by atoms with Gasteiger partial charge in [0.05, 0.1) is 13.2 Å². The highest BCUT2D eigenvalue weighted by Gasteiger charge is 2.32. The molecule has 1 aliphatic rings. The Morgan fingerprint density at radius 3 is 2.41 bits per heavy atom. The molecule has 1 aromatic carbocycles. The van der Waals surface area contributed by atoms with Gasteiger partial charge in [0.15, 0.2) is 0 Å². The fourth-order valence-electron chi connectivity index (χ4n) is 3.26. The number of benzene rings is 1. The number of ether oxygens (including phenoxy) is 1. The van der Waals surface area contributed by atoms with Crippen LogP contribution < -0.4 is 16.0 Å². The Hall–Kier alpha value is -1.63. The van der Waals surface area contributed by atoms with Gasteiger partial charge >= 0.3 is 0 Å². The lowest BCUT2D eigenvalue weighted by Crippen LogP contribution is -2.48. The zero-order chi connectivity index (χ0) is 18.8. The number of methoxy groups -OCH3 is 1. The first kappa shape index (κ1) is 23.4. The van der Waals surface area contributed by atoms with E-state index in [1.54, 1.807) is 7.11 Å². The van der Waals surface area contributed by atoms with Crippen LogP contribution in [0.2, 0.25) is 0 Å². The molecule has 1 aromatic rings. The first-order chi connectivity index (χ1) is 12.5. The van der Waals surface area contributed by atoms with Crippen LogP contribution in [-0.2, 0) is 20.7 Å². The highest BCUT2D eigenvalue weighted by molar-refractivity contribution is 5.85. The minimum Gasteiger partial charge on any atom is -0.384 e. The van der Waals surface area contributed by atoms with Crippen LogP contribution in [0, 0.1) is 12.3 Å². The average Bonchev–Trinajstić information content (AvgIpc) is 2.65. The van der Waals surface area contributed by atoms with Gasteiger partial charge in [-0.2, -0.15) is 0 Å². The van der Waals surface area contributed by atoms with E-state index >= 15 is 0 Å². The highest BCUT2D eigenvalue weighted by atomic mass is 35.5. The maximum Gasteiger partial charge on any atom is 0.239 e. The van der Waals surface area contributed by atoms with Crippen LogP contribution >= 0.6 is 12.4 Å². The maximum absolute atomic E-state index is 12.1. The molecule has 1 fully saturated rings. The quantitative estimate of drug-likeness (QED) is 0.591. The normalized spacial score (nSPS) is 15.5. The fraction of sp³-hybridized carbons (Fsp3) is 0.600. The summed E-state index contributed by atoms with van der Waals surface area (Å²) in [6.45, 7) is 5.16. The SMILES string of the molecule is COCC1(CNC(=O)CNC(=O)CCc2ccc(C)cc2)CCNCC1.Cl. The van der Waals surface area contributed by atoms with E-state index in [2.05, 4.69) is 16.0 Å². The first-order valence-corrected chi connectivity index (χ1v) is 9.32. The number of amides is 2. The third-order valence-electron chi connectivity index (χ3n) is 4.98. The van der Waals surface area contributed by atoms with Gasteiger partial charge in [0, 0.05) is 25.5 Å². The molecule has 6 nitrogen and oxygen atoms in total. The number of nitrogens with one attached hydrogen (secondary N) is 3. The Morgan fingerprint density at radius 1 is 1.11 bits per heavy atom. The summed E-state index contributed by atoms with van der Waals surface area (Å²) in [6, 6.07) is 8.14. The lowest BCUT2D eigenvalue weighted by atomic mass is 9.79. The first-order valence-electron chi connectivity index (χ1n) is 9.32. The van der Waals surface area contributed by atoms with Crippen molar-refractivity contribution in [2.45, 2.75) is 32.6 Å². The van der Waals surface area contributed by atoms with E-state index in [1.165, 1.54) is 5.56 Å². The predicted octanol–water partition coefficient (Wildman–Crippen LogP) is 1.60. The third-order valence-corrected chi connectivity index (χ3v) is 4.98. The van der Waals surface area contributed by atoms with Gasteiger partial charge in [0.2, 0.25) is 11.8 Å². The minimum atomic E-state index is -0.150. The van der Waals surface area contributed by atoms with E-state index < -0.39 is 0 Å². The van der Waals surface area contributed by atoms with E-state index in [9.17, 15) is 9.59 Å². The van der Waals surface area contributed by atoms with Crippen molar-refractivity contribution < 1.29 is 14.3 Å². The van der Waals surface area contributed by atoms with Gasteiger partial charge in [0.25, 0.3) is 0 Å². The van der Waals surface area contributed by atoms with Crippen molar-refractivity contribution in [3.8, 4) is 0 Å². The molecule has 0 bridgehead atoms. The standard InChI is InChI=1S/C20H31N3O3.ClH/c1-16-3-5-17(6-4-16)7-8-18(24)22-13-19(25)23-14-20(15-26-2)9-11-21-12-10-20;/h3-6,21H,7-15H2,1-2H3,(H,22,24)(H,23,25);1H. The second-order valence-electron chi connectivity index (χ2n) is 7.22. The summed E-state index contributed by atoms with van der Waals surface area (Å²) < 4.78 is 5.35. The van der Waals surface area contributed by atoms with Gasteiger partial charge in [-0.05, 0) is 44.8 Å². The van der Waals surface area contributed by atoms with Crippen molar-refractivity contribution in [2.75, 3.05) is 39.9 Å². The van der Waals surface area contributed by atoms with Crippen LogP contribution in [-0.4, -0.2) is 51.7 Å². The molecule has 3 N–H and O–H groups in total. The number of rotatable bonds is 9. The van der Waals surface area contributed by atoms with E-state index in [4.69, 9.17) is 4.74 Å². The highest BCUT2D eigenvalue weighted by Crippen LogP contribution is 2.28. The van der Waals surface area contributed by atoms with Crippen molar-refractivity contribution in [1.29, 1.82) is 0 Å². The van der Waals surface area contributed by atoms with Crippen LogP contribution in [0.1, 0.15) is 30.4 Å². The molecule has 1 aliphatic heterocycles. The van der Waals surface area contributed by atoms with Crippen LogP contribution in [0.25, 0.3) is 0 Å². The van der Waals surface area contributed by atoms with E-state index in [0.29, 0.717) is 26.0 Å². The van der Waals surface area contributed by atoms with Gasteiger partial charge in [-0.15, -0.1) is 12.4 Å². The fourth-order valence-corrected chi connectivity index (χ4v) is 3.26. The lowest BCUT2D eigenvalue weighted by Gasteiger charge is -2.37. The van der Waals surface area contributed by atoms with Gasteiger partial charge < -0.3 is 20.7 Å². The Labute approximate surface area is 168 Å². The van der Waals surface area contributed by atoms with Gasteiger partial charge in [-0.25, -0.2) is 0 Å². The summed E-state index contributed by atoms with van der Waals surface area (Å²) >= 11 is 0. The Kier molecular flexibility index (Phi) is 10.4. The summed E-state index contributed by atoms with van der Waals surface area (Å²) in [5, 5.41) is 8.98. The van der Waals surface area contributed by atoms with E-state index in [1.807, 2.05) is 31.2 Å². The van der Waals surface area contributed by atoms with Crippen molar-refractivity contribution >= 4 is 24.2 Å². The summed E-state index contributed by atoms with van der Waals surface area (Å²) in [5.41, 5.74) is 2.32. The van der Waals surface area contributed by atoms with E-state index in [-0.39, 0.29) is 36.2 Å². The third kappa shape index (κ3) is 8.28. The topological polar surface area (TPSA) is 79.5 Å². The number of carbonyl (C=O) groups excluding carboxylic acids is 2. The summed E-state index contributed by atoms with van der Waals surface area (Å²) in [4.78, 5) is 24.0. The second kappa shape index (κ2) is 12.0. The maximum atomic E-state index is 12.1. The number of carbonyl (C=O) groups is 2. The molecule has 0 spiro atoms. The van der Waals surface area contributed by atoms with Gasteiger partial charge in [-0.3, -0.25) is 9.59 Å². The smallest absolute Gasteiger partial charge is 0.239 e. The van der Waals surface area contributed by atoms with Crippen molar-refractivity contribution in [2.24, 2.45) is 5.41 Å². The lowest BCUT2D eigenvalue weighted by molar-refractivity contribution is -0.126. The molecule has 0 unspecified atom stereocenters. The predicted molar refractivity (Wildman–Crippen MR) is 109 cm³/mol. The second-order valence-corrected chi connectivity index (χ2v) is 7.22. The van der Waals surface area contributed by atoms with Crippen molar-refractivity contribution in [1.82, 2.24) is 16.0 Å². The van der Waals surface area contributed by atoms with Crippen molar-refractivity contribution in [3.63, 3.8) is 0 Å². The van der Waals surface area contributed by atoms with Crippen LogP contribution in [0.3, 0.4) is 0 Å². The zero-order valence-electron chi connectivity index (χ0n) is 16.3. The minimum absolute atomic E-state index is 0. The van der Waals surface area contributed by atoms with Crippen LogP contribution in [0.15, 0.2) is 24.3 Å². The molecular formula is C20H32ClN3O3. The molecule has 0 atom stereocenters. The van der Waals surface area contributed by atoms with Crippen LogP contribution in [0.4, 0.5) is 0 Å². The average molecular weight is 398 g/mol. The molecule has 0 radical (unpaired) electrons. The molecule has 1 saturated heterocycles. The molecular weight excluding hydrogens is 366 g/mol. The molecule has 2 rings (SSSR count). The number of piperidine rings is 1. The molecule has 2 amide bonds. The molecule has 0 aliphatic carbocycles. The molecule has 0 saturated carbocycles. The molecule has 1 heterocycles. The summed E-state index contributed by atoms with van der Waals surface area (Å²) in [7, 11) is 1.69. The zero-order valence-corrected chi connectivity index (χ0v) is 17.1. The largest absolute Gasteiger partial charge is 0.384 e. The van der Waals surface area contributed by atoms with Crippen LogP contribution in [0.5, 0.6) is 0 Å².